The number of aromatic nitrogens is 2. The number of carbonyl (C=O) groups excluding carboxylic acids is 2. The standard InChI is InChI=1S/C14H18N4O2/c1-9(2)5-6-15-13(19)14(20)18-10-3-4-11-12(7-10)17-8-16-11/h3-4,7-9H,5-6H2,1-2H3,(H,15,19)(H,16,17)(H,18,20). The molecule has 1 aromatic carbocycles. The van der Waals surface area contributed by atoms with Gasteiger partial charge in [0, 0.05) is 12.2 Å². The van der Waals surface area contributed by atoms with Gasteiger partial charge in [0.2, 0.25) is 0 Å². The number of imidazole rings is 1. The van der Waals surface area contributed by atoms with E-state index in [-0.39, 0.29) is 0 Å². The Morgan fingerprint density at radius 1 is 1.30 bits per heavy atom. The van der Waals surface area contributed by atoms with Gasteiger partial charge in [0.15, 0.2) is 0 Å². The first-order valence-corrected chi connectivity index (χ1v) is 6.58. The van der Waals surface area contributed by atoms with E-state index in [9.17, 15) is 9.59 Å². The summed E-state index contributed by atoms with van der Waals surface area (Å²) in [7, 11) is 0. The molecule has 0 spiro atoms. The van der Waals surface area contributed by atoms with Crippen LogP contribution in [0.25, 0.3) is 11.0 Å². The van der Waals surface area contributed by atoms with Crippen molar-refractivity contribution in [2.45, 2.75) is 20.3 Å². The maximum atomic E-state index is 11.7. The van der Waals surface area contributed by atoms with Crippen LogP contribution in [0.4, 0.5) is 5.69 Å². The first-order chi connectivity index (χ1) is 9.56. The number of benzene rings is 1. The number of aromatic amines is 1. The van der Waals surface area contributed by atoms with Gasteiger partial charge in [0.1, 0.15) is 0 Å². The number of anilines is 1. The molecule has 0 aliphatic carbocycles. The molecule has 2 rings (SSSR count). The minimum atomic E-state index is -0.660. The lowest BCUT2D eigenvalue weighted by atomic mass is 10.1. The SMILES string of the molecule is CC(C)CCNC(=O)C(=O)Nc1ccc2nc[nH]c2c1. The summed E-state index contributed by atoms with van der Waals surface area (Å²) >= 11 is 0. The lowest BCUT2D eigenvalue weighted by Gasteiger charge is -2.07. The van der Waals surface area contributed by atoms with E-state index in [4.69, 9.17) is 0 Å². The summed E-state index contributed by atoms with van der Waals surface area (Å²) in [5.74, 6) is -0.788. The van der Waals surface area contributed by atoms with E-state index in [1.165, 1.54) is 0 Å². The molecule has 2 aromatic rings. The number of carbonyl (C=O) groups is 2. The Hall–Kier alpha value is -2.37. The molecule has 0 aliphatic heterocycles. The molecule has 0 saturated carbocycles. The van der Waals surface area contributed by atoms with Crippen LogP contribution in [0.15, 0.2) is 24.5 Å². The van der Waals surface area contributed by atoms with Crippen molar-refractivity contribution in [1.29, 1.82) is 0 Å². The second-order valence-electron chi connectivity index (χ2n) is 5.03. The number of hydrogen-bond donors (Lipinski definition) is 3. The van der Waals surface area contributed by atoms with E-state index in [1.54, 1.807) is 24.5 Å². The van der Waals surface area contributed by atoms with Crippen LogP contribution in [-0.2, 0) is 9.59 Å². The molecule has 0 aliphatic rings. The van der Waals surface area contributed by atoms with Gasteiger partial charge in [-0.3, -0.25) is 9.59 Å². The quantitative estimate of drug-likeness (QED) is 0.741. The molecule has 3 N–H and O–H groups in total. The normalized spacial score (nSPS) is 10.8. The number of nitrogens with one attached hydrogen (secondary N) is 3. The third-order valence-corrected chi connectivity index (χ3v) is 2.89. The van der Waals surface area contributed by atoms with Gasteiger partial charge < -0.3 is 15.6 Å². The van der Waals surface area contributed by atoms with Gasteiger partial charge in [0.25, 0.3) is 0 Å². The van der Waals surface area contributed by atoms with Crippen molar-refractivity contribution in [2.24, 2.45) is 5.92 Å². The van der Waals surface area contributed by atoms with Gasteiger partial charge in [-0.2, -0.15) is 0 Å². The minimum absolute atomic E-state index is 0.487. The minimum Gasteiger partial charge on any atom is -0.348 e. The number of amides is 2. The van der Waals surface area contributed by atoms with Gasteiger partial charge in [-0.05, 0) is 30.5 Å². The van der Waals surface area contributed by atoms with Gasteiger partial charge in [-0.15, -0.1) is 0 Å². The van der Waals surface area contributed by atoms with Crippen LogP contribution < -0.4 is 10.6 Å². The molecule has 6 nitrogen and oxygen atoms in total. The van der Waals surface area contributed by atoms with Crippen LogP contribution in [0.1, 0.15) is 20.3 Å². The smallest absolute Gasteiger partial charge is 0.313 e. The van der Waals surface area contributed by atoms with Crippen LogP contribution in [0, 0.1) is 5.92 Å². The number of nitrogens with zero attached hydrogens (tertiary/aromatic N) is 1. The van der Waals surface area contributed by atoms with E-state index < -0.39 is 11.8 Å². The van der Waals surface area contributed by atoms with Crippen molar-refractivity contribution >= 4 is 28.5 Å². The predicted octanol–water partition coefficient (Wildman–Crippen LogP) is 1.66. The van der Waals surface area contributed by atoms with Gasteiger partial charge >= 0.3 is 11.8 Å². The lowest BCUT2D eigenvalue weighted by Crippen LogP contribution is -2.36. The highest BCUT2D eigenvalue weighted by molar-refractivity contribution is 6.39. The molecule has 0 fully saturated rings. The lowest BCUT2D eigenvalue weighted by molar-refractivity contribution is -0.136. The monoisotopic (exact) mass is 274 g/mol. The summed E-state index contributed by atoms with van der Waals surface area (Å²) in [4.78, 5) is 30.3. The summed E-state index contributed by atoms with van der Waals surface area (Å²) in [6.45, 7) is 4.63. The molecule has 0 radical (unpaired) electrons. The van der Waals surface area contributed by atoms with Crippen LogP contribution in [-0.4, -0.2) is 28.3 Å². The molecule has 20 heavy (non-hydrogen) atoms. The fourth-order valence-electron chi connectivity index (χ4n) is 1.76. The zero-order valence-corrected chi connectivity index (χ0v) is 11.6. The van der Waals surface area contributed by atoms with Crippen molar-refractivity contribution in [2.75, 3.05) is 11.9 Å². The molecule has 1 heterocycles. The summed E-state index contributed by atoms with van der Waals surface area (Å²) in [5, 5.41) is 5.16. The Morgan fingerprint density at radius 2 is 2.10 bits per heavy atom. The van der Waals surface area contributed by atoms with Crippen molar-refractivity contribution in [3.63, 3.8) is 0 Å². The van der Waals surface area contributed by atoms with Gasteiger partial charge in [-0.25, -0.2) is 4.98 Å². The first kappa shape index (κ1) is 14.0. The zero-order valence-electron chi connectivity index (χ0n) is 11.6. The highest BCUT2D eigenvalue weighted by Crippen LogP contribution is 2.15. The van der Waals surface area contributed by atoms with Gasteiger partial charge in [-0.1, -0.05) is 13.8 Å². The van der Waals surface area contributed by atoms with Crippen LogP contribution in [0.2, 0.25) is 0 Å². The molecule has 6 heteroatoms. The summed E-state index contributed by atoms with van der Waals surface area (Å²) in [5.41, 5.74) is 2.18. The predicted molar refractivity (Wildman–Crippen MR) is 77.2 cm³/mol. The zero-order chi connectivity index (χ0) is 14.5. The number of hydrogen-bond acceptors (Lipinski definition) is 3. The largest absolute Gasteiger partial charge is 0.348 e. The molecular weight excluding hydrogens is 256 g/mol. The second kappa shape index (κ2) is 6.18. The van der Waals surface area contributed by atoms with E-state index in [0.29, 0.717) is 18.2 Å². The van der Waals surface area contributed by atoms with Crippen molar-refractivity contribution in [3.8, 4) is 0 Å². The highest BCUT2D eigenvalue weighted by Gasteiger charge is 2.13. The number of fused-ring (bicyclic) bond motifs is 1. The van der Waals surface area contributed by atoms with Gasteiger partial charge in [0.05, 0.1) is 17.4 Å². The molecule has 106 valence electrons. The van der Waals surface area contributed by atoms with E-state index in [0.717, 1.165) is 17.5 Å². The molecule has 0 unspecified atom stereocenters. The summed E-state index contributed by atoms with van der Waals surface area (Å²) in [6.07, 6.45) is 2.42. The third-order valence-electron chi connectivity index (χ3n) is 2.89. The number of rotatable bonds is 4. The Labute approximate surface area is 117 Å². The number of H-pyrrole nitrogens is 1. The fourth-order valence-corrected chi connectivity index (χ4v) is 1.76. The topological polar surface area (TPSA) is 86.9 Å². The average Bonchev–Trinajstić information content (AvgIpc) is 2.85. The highest BCUT2D eigenvalue weighted by atomic mass is 16.2. The van der Waals surface area contributed by atoms with Crippen molar-refractivity contribution < 1.29 is 9.59 Å². The van der Waals surface area contributed by atoms with Crippen LogP contribution in [0.5, 0.6) is 0 Å². The van der Waals surface area contributed by atoms with Crippen molar-refractivity contribution in [1.82, 2.24) is 15.3 Å². The average molecular weight is 274 g/mol. The maximum absolute atomic E-state index is 11.7. The molecule has 1 aromatic heterocycles. The fraction of sp³-hybridized carbons (Fsp3) is 0.357. The van der Waals surface area contributed by atoms with Crippen LogP contribution in [0.3, 0.4) is 0 Å². The third kappa shape index (κ3) is 3.57. The van der Waals surface area contributed by atoms with Crippen LogP contribution >= 0.6 is 0 Å². The van der Waals surface area contributed by atoms with Crippen molar-refractivity contribution in [3.05, 3.63) is 24.5 Å². The molecule has 0 bridgehead atoms. The van der Waals surface area contributed by atoms with E-state index in [1.807, 2.05) is 0 Å². The maximum Gasteiger partial charge on any atom is 0.313 e. The summed E-state index contributed by atoms with van der Waals surface area (Å²) in [6, 6.07) is 5.22. The Morgan fingerprint density at radius 3 is 2.85 bits per heavy atom. The molecule has 2 amide bonds. The van der Waals surface area contributed by atoms with E-state index in [2.05, 4.69) is 34.4 Å². The molecule has 0 saturated heterocycles. The summed E-state index contributed by atoms with van der Waals surface area (Å²) < 4.78 is 0. The molecule has 0 atom stereocenters. The first-order valence-electron chi connectivity index (χ1n) is 6.58. The Kier molecular flexibility index (Phi) is 4.34. The Bertz CT molecular complexity index is 618. The molecular formula is C14H18N4O2. The Balaban J connectivity index is 1.91. The van der Waals surface area contributed by atoms with E-state index >= 15 is 0 Å². The second-order valence-corrected chi connectivity index (χ2v) is 5.03.